The molecule has 21 heavy (non-hydrogen) atoms. The molecule has 1 atom stereocenters. The van der Waals surface area contributed by atoms with Crippen LogP contribution in [0.1, 0.15) is 29.3 Å². The molecular formula is C16H19BrN2OS. The first-order valence-corrected chi connectivity index (χ1v) is 8.82. The number of benzene rings is 1. The molecule has 2 aromatic rings. The second-order valence-electron chi connectivity index (χ2n) is 5.32. The molecule has 0 fully saturated rings. The first-order chi connectivity index (χ1) is 10.2. The molecule has 0 saturated carbocycles. The van der Waals surface area contributed by atoms with Gasteiger partial charge >= 0.3 is 0 Å². The molecule has 3 rings (SSSR count). The second kappa shape index (κ2) is 6.46. The normalized spacial score (nSPS) is 17.6. The number of thiazole rings is 1. The van der Waals surface area contributed by atoms with Crippen LogP contribution in [0.25, 0.3) is 10.6 Å². The van der Waals surface area contributed by atoms with Gasteiger partial charge < -0.3 is 10.1 Å². The van der Waals surface area contributed by atoms with Crippen molar-refractivity contribution in [2.75, 3.05) is 20.7 Å². The fraction of sp³-hybridized carbons (Fsp3) is 0.438. The van der Waals surface area contributed by atoms with Gasteiger partial charge in [0.1, 0.15) is 10.8 Å². The Bertz CT molecular complexity index is 641. The summed E-state index contributed by atoms with van der Waals surface area (Å²) in [6.45, 7) is 1.02. The Hall–Kier alpha value is -0.910. The van der Waals surface area contributed by atoms with Gasteiger partial charge in [0.15, 0.2) is 0 Å². The van der Waals surface area contributed by atoms with E-state index in [1.807, 2.05) is 24.5 Å². The predicted octanol–water partition coefficient (Wildman–Crippen LogP) is 4.22. The summed E-state index contributed by atoms with van der Waals surface area (Å²) in [7, 11) is 3.70. The van der Waals surface area contributed by atoms with Gasteiger partial charge in [0.05, 0.1) is 17.3 Å². The molecule has 1 aliphatic rings. The number of halogens is 1. The molecule has 1 aromatic carbocycles. The van der Waals surface area contributed by atoms with Gasteiger partial charge in [0, 0.05) is 22.9 Å². The van der Waals surface area contributed by atoms with Gasteiger partial charge in [0.25, 0.3) is 0 Å². The molecule has 0 spiro atoms. The number of methoxy groups -OCH3 is 1. The van der Waals surface area contributed by atoms with E-state index in [-0.39, 0.29) is 0 Å². The molecule has 0 radical (unpaired) electrons. The van der Waals surface area contributed by atoms with Crippen LogP contribution >= 0.6 is 27.3 Å². The maximum Gasteiger partial charge on any atom is 0.133 e. The van der Waals surface area contributed by atoms with E-state index in [1.54, 1.807) is 7.11 Å². The minimum atomic E-state index is 0.561. The third-order valence-corrected chi connectivity index (χ3v) is 5.72. The number of likely N-dealkylation sites (N-methyl/N-ethyl adjacent to an activating group) is 1. The highest BCUT2D eigenvalue weighted by Gasteiger charge is 2.24. The lowest BCUT2D eigenvalue weighted by Gasteiger charge is -2.20. The van der Waals surface area contributed by atoms with Crippen LogP contribution in [0, 0.1) is 0 Å². The molecule has 1 aliphatic carbocycles. The van der Waals surface area contributed by atoms with Gasteiger partial charge in [-0.05, 0) is 60.4 Å². The van der Waals surface area contributed by atoms with Gasteiger partial charge in [-0.3, -0.25) is 0 Å². The third-order valence-electron chi connectivity index (χ3n) is 3.92. The van der Waals surface area contributed by atoms with Crippen LogP contribution in [-0.2, 0) is 6.42 Å². The molecule has 1 unspecified atom stereocenters. The Balaban J connectivity index is 1.95. The lowest BCUT2D eigenvalue weighted by atomic mass is 9.91. The third kappa shape index (κ3) is 3.00. The second-order valence-corrected chi connectivity index (χ2v) is 7.26. The number of aromatic nitrogens is 1. The summed E-state index contributed by atoms with van der Waals surface area (Å²) in [5, 5.41) is 4.41. The lowest BCUT2D eigenvalue weighted by molar-refractivity contribution is 0.412. The van der Waals surface area contributed by atoms with Crippen molar-refractivity contribution in [2.24, 2.45) is 0 Å². The van der Waals surface area contributed by atoms with E-state index in [1.165, 1.54) is 29.8 Å². The molecule has 1 N–H and O–H groups in total. The number of hydrogen-bond acceptors (Lipinski definition) is 4. The summed E-state index contributed by atoms with van der Waals surface area (Å²) in [4.78, 5) is 6.40. The summed E-state index contributed by atoms with van der Waals surface area (Å²) >= 11 is 5.39. The van der Waals surface area contributed by atoms with Crippen LogP contribution in [0.4, 0.5) is 0 Å². The van der Waals surface area contributed by atoms with Crippen molar-refractivity contribution < 1.29 is 4.74 Å². The average molecular weight is 367 g/mol. The smallest absolute Gasteiger partial charge is 0.133 e. The van der Waals surface area contributed by atoms with Crippen molar-refractivity contribution in [3.63, 3.8) is 0 Å². The zero-order valence-corrected chi connectivity index (χ0v) is 14.7. The maximum atomic E-state index is 5.29. The van der Waals surface area contributed by atoms with Crippen molar-refractivity contribution in [1.29, 1.82) is 0 Å². The Morgan fingerprint density at radius 2 is 2.33 bits per heavy atom. The first-order valence-electron chi connectivity index (χ1n) is 7.21. The Morgan fingerprint density at radius 3 is 3.05 bits per heavy atom. The molecule has 1 heterocycles. The number of hydrogen-bond donors (Lipinski definition) is 1. The van der Waals surface area contributed by atoms with E-state index >= 15 is 0 Å². The van der Waals surface area contributed by atoms with Crippen molar-refractivity contribution in [1.82, 2.24) is 10.3 Å². The minimum absolute atomic E-state index is 0.561. The average Bonchev–Trinajstić information content (AvgIpc) is 2.92. The molecule has 3 nitrogen and oxygen atoms in total. The van der Waals surface area contributed by atoms with Crippen LogP contribution in [0.3, 0.4) is 0 Å². The highest BCUT2D eigenvalue weighted by atomic mass is 79.9. The summed E-state index contributed by atoms with van der Waals surface area (Å²) in [5.74, 6) is 1.42. The summed E-state index contributed by atoms with van der Waals surface area (Å²) in [6, 6.07) is 6.17. The number of rotatable bonds is 4. The minimum Gasteiger partial charge on any atom is -0.496 e. The van der Waals surface area contributed by atoms with Crippen LogP contribution in [0.2, 0.25) is 0 Å². The largest absolute Gasteiger partial charge is 0.496 e. The van der Waals surface area contributed by atoms with Crippen LogP contribution in [0.15, 0.2) is 22.7 Å². The number of ether oxygens (including phenoxy) is 1. The summed E-state index contributed by atoms with van der Waals surface area (Å²) in [6.07, 6.45) is 3.68. The van der Waals surface area contributed by atoms with Crippen LogP contribution in [0.5, 0.6) is 5.75 Å². The Kier molecular flexibility index (Phi) is 4.62. The van der Waals surface area contributed by atoms with E-state index in [4.69, 9.17) is 9.72 Å². The fourth-order valence-electron chi connectivity index (χ4n) is 2.88. The first kappa shape index (κ1) is 15.0. The monoisotopic (exact) mass is 366 g/mol. The summed E-state index contributed by atoms with van der Waals surface area (Å²) in [5.41, 5.74) is 2.47. The van der Waals surface area contributed by atoms with Gasteiger partial charge in [-0.25, -0.2) is 4.98 Å². The number of fused-ring (bicyclic) bond motifs is 1. The van der Waals surface area contributed by atoms with Gasteiger partial charge in [0.2, 0.25) is 0 Å². The van der Waals surface area contributed by atoms with E-state index in [0.29, 0.717) is 5.92 Å². The SMILES string of the molecule is CNCC1CCCc2sc(-c3ccc(OC)c(Br)c3)nc21. The maximum absolute atomic E-state index is 5.29. The predicted molar refractivity (Wildman–Crippen MR) is 91.4 cm³/mol. The van der Waals surface area contributed by atoms with E-state index < -0.39 is 0 Å². The molecule has 0 amide bonds. The van der Waals surface area contributed by atoms with Gasteiger partial charge in [-0.15, -0.1) is 11.3 Å². The Morgan fingerprint density at radius 1 is 1.48 bits per heavy atom. The zero-order valence-electron chi connectivity index (χ0n) is 12.3. The molecule has 1 aromatic heterocycles. The van der Waals surface area contributed by atoms with E-state index in [2.05, 4.69) is 33.4 Å². The highest BCUT2D eigenvalue weighted by molar-refractivity contribution is 9.10. The highest BCUT2D eigenvalue weighted by Crippen LogP contribution is 2.39. The lowest BCUT2D eigenvalue weighted by Crippen LogP contribution is -2.20. The van der Waals surface area contributed by atoms with Crippen molar-refractivity contribution in [3.05, 3.63) is 33.2 Å². The molecule has 112 valence electrons. The zero-order chi connectivity index (χ0) is 14.8. The molecule has 0 saturated heterocycles. The standard InChI is InChI=1S/C16H19BrN2OS/c1-18-9-11-4-3-5-14-15(11)19-16(21-14)10-6-7-13(20-2)12(17)8-10/h6-8,11,18H,3-5,9H2,1-2H3. The van der Waals surface area contributed by atoms with Crippen LogP contribution < -0.4 is 10.1 Å². The molecule has 0 bridgehead atoms. The molecular weight excluding hydrogens is 348 g/mol. The van der Waals surface area contributed by atoms with E-state index in [0.717, 1.165) is 27.3 Å². The molecule has 5 heteroatoms. The van der Waals surface area contributed by atoms with E-state index in [9.17, 15) is 0 Å². The summed E-state index contributed by atoms with van der Waals surface area (Å²) < 4.78 is 6.27. The van der Waals surface area contributed by atoms with Gasteiger partial charge in [-0.2, -0.15) is 0 Å². The number of aryl methyl sites for hydroxylation is 1. The fourth-order valence-corrected chi connectivity index (χ4v) is 4.60. The van der Waals surface area contributed by atoms with Crippen LogP contribution in [-0.4, -0.2) is 25.7 Å². The Labute approximate surface area is 137 Å². The van der Waals surface area contributed by atoms with Crippen molar-refractivity contribution >= 4 is 27.3 Å². The topological polar surface area (TPSA) is 34.1 Å². The number of nitrogens with one attached hydrogen (secondary N) is 1. The molecule has 0 aliphatic heterocycles. The van der Waals surface area contributed by atoms with Crippen molar-refractivity contribution in [3.8, 4) is 16.3 Å². The van der Waals surface area contributed by atoms with Gasteiger partial charge in [-0.1, -0.05) is 0 Å². The quantitative estimate of drug-likeness (QED) is 0.879. The number of nitrogens with zero attached hydrogens (tertiary/aromatic N) is 1. The van der Waals surface area contributed by atoms with Crippen molar-refractivity contribution in [2.45, 2.75) is 25.2 Å².